The molecule has 1 saturated heterocycles. The second-order valence-electron chi connectivity index (χ2n) is 4.59. The quantitative estimate of drug-likeness (QED) is 0.927. The van der Waals surface area contributed by atoms with Crippen LogP contribution in [0.2, 0.25) is 10.0 Å². The standard InChI is InChI=1S/C13H14Cl2N2O3/c1-17-6-7(5-10(17)18)16-13(19)11-8(14)3-4-9(15)12(11)20-2/h3-4,7H,5-6H2,1-2H3,(H,16,19). The zero-order valence-electron chi connectivity index (χ0n) is 11.1. The van der Waals surface area contributed by atoms with Crippen molar-refractivity contribution in [2.24, 2.45) is 0 Å². The summed E-state index contributed by atoms with van der Waals surface area (Å²) in [7, 11) is 3.11. The van der Waals surface area contributed by atoms with Crippen molar-refractivity contribution in [1.29, 1.82) is 0 Å². The van der Waals surface area contributed by atoms with Gasteiger partial charge in [-0.25, -0.2) is 0 Å². The molecular formula is C13H14Cl2N2O3. The van der Waals surface area contributed by atoms with Crippen LogP contribution in [0.15, 0.2) is 12.1 Å². The summed E-state index contributed by atoms with van der Waals surface area (Å²) in [5.41, 5.74) is 0.184. The molecule has 7 heteroatoms. The molecule has 1 atom stereocenters. The summed E-state index contributed by atoms with van der Waals surface area (Å²) >= 11 is 12.0. The van der Waals surface area contributed by atoms with Gasteiger partial charge in [-0.2, -0.15) is 0 Å². The molecule has 0 bridgehead atoms. The number of amides is 2. The molecule has 1 aliphatic rings. The zero-order valence-corrected chi connectivity index (χ0v) is 12.6. The van der Waals surface area contributed by atoms with Gasteiger partial charge in [0.1, 0.15) is 5.56 Å². The van der Waals surface area contributed by atoms with Gasteiger partial charge in [0, 0.05) is 20.0 Å². The van der Waals surface area contributed by atoms with Gasteiger partial charge in [-0.1, -0.05) is 23.2 Å². The van der Waals surface area contributed by atoms with Crippen molar-refractivity contribution in [1.82, 2.24) is 10.2 Å². The molecule has 1 heterocycles. The highest BCUT2D eigenvalue weighted by Gasteiger charge is 2.29. The molecule has 0 aliphatic carbocycles. The van der Waals surface area contributed by atoms with Crippen LogP contribution >= 0.6 is 23.2 Å². The van der Waals surface area contributed by atoms with Gasteiger partial charge in [0.2, 0.25) is 5.91 Å². The Morgan fingerprint density at radius 2 is 2.05 bits per heavy atom. The second-order valence-corrected chi connectivity index (χ2v) is 5.40. The predicted octanol–water partition coefficient (Wildman–Crippen LogP) is 1.96. The fraction of sp³-hybridized carbons (Fsp3) is 0.385. The number of hydrogen-bond acceptors (Lipinski definition) is 3. The van der Waals surface area contributed by atoms with Crippen molar-refractivity contribution in [2.75, 3.05) is 20.7 Å². The third kappa shape index (κ3) is 2.83. The molecule has 108 valence electrons. The lowest BCUT2D eigenvalue weighted by atomic mass is 10.1. The molecule has 2 amide bonds. The van der Waals surface area contributed by atoms with Gasteiger partial charge in [-0.15, -0.1) is 0 Å². The topological polar surface area (TPSA) is 58.6 Å². The van der Waals surface area contributed by atoms with Crippen LogP contribution in [-0.4, -0.2) is 43.5 Å². The summed E-state index contributed by atoms with van der Waals surface area (Å²) in [6, 6.07) is 2.86. The van der Waals surface area contributed by atoms with Gasteiger partial charge < -0.3 is 15.0 Å². The molecule has 5 nitrogen and oxygen atoms in total. The van der Waals surface area contributed by atoms with Gasteiger partial charge in [0.15, 0.2) is 5.75 Å². The summed E-state index contributed by atoms with van der Waals surface area (Å²) in [5, 5.41) is 3.33. The summed E-state index contributed by atoms with van der Waals surface area (Å²) < 4.78 is 5.13. The minimum absolute atomic E-state index is 0.000504. The fourth-order valence-corrected chi connectivity index (χ4v) is 2.63. The number of rotatable bonds is 3. The lowest BCUT2D eigenvalue weighted by Crippen LogP contribution is -2.36. The van der Waals surface area contributed by atoms with Crippen LogP contribution in [-0.2, 0) is 4.79 Å². The molecule has 1 fully saturated rings. The van der Waals surface area contributed by atoms with Gasteiger partial charge in [-0.3, -0.25) is 9.59 Å². The van der Waals surface area contributed by atoms with E-state index in [0.29, 0.717) is 11.6 Å². The van der Waals surface area contributed by atoms with Gasteiger partial charge >= 0.3 is 0 Å². The average Bonchev–Trinajstić information content (AvgIpc) is 2.70. The Hall–Kier alpha value is -1.46. The largest absolute Gasteiger partial charge is 0.494 e. The van der Waals surface area contributed by atoms with E-state index in [0.717, 1.165) is 0 Å². The maximum atomic E-state index is 12.3. The number of hydrogen-bond donors (Lipinski definition) is 1. The lowest BCUT2D eigenvalue weighted by molar-refractivity contribution is -0.126. The first-order valence-electron chi connectivity index (χ1n) is 6.01. The third-order valence-corrected chi connectivity index (χ3v) is 3.78. The van der Waals surface area contributed by atoms with Crippen molar-refractivity contribution in [3.05, 3.63) is 27.7 Å². The number of nitrogens with zero attached hydrogens (tertiary/aromatic N) is 1. The first kappa shape index (κ1) is 14.9. The van der Waals surface area contributed by atoms with Crippen molar-refractivity contribution >= 4 is 35.0 Å². The number of likely N-dealkylation sites (tertiary alicyclic amines) is 1. The van der Waals surface area contributed by atoms with Crippen LogP contribution in [0, 0.1) is 0 Å². The summed E-state index contributed by atoms with van der Waals surface area (Å²) in [4.78, 5) is 25.3. The average molecular weight is 317 g/mol. The Kier molecular flexibility index (Phi) is 4.40. The Balaban J connectivity index is 2.22. The highest BCUT2D eigenvalue weighted by molar-refractivity contribution is 6.37. The lowest BCUT2D eigenvalue weighted by Gasteiger charge is -2.15. The van der Waals surface area contributed by atoms with E-state index < -0.39 is 5.91 Å². The first-order valence-corrected chi connectivity index (χ1v) is 6.76. The summed E-state index contributed by atoms with van der Waals surface area (Å²) in [6.45, 7) is 0.477. The van der Waals surface area contributed by atoms with Crippen molar-refractivity contribution in [3.63, 3.8) is 0 Å². The highest BCUT2D eigenvalue weighted by atomic mass is 35.5. The Morgan fingerprint density at radius 1 is 1.40 bits per heavy atom. The van der Waals surface area contributed by atoms with Crippen LogP contribution in [0.4, 0.5) is 0 Å². The number of ether oxygens (including phenoxy) is 1. The predicted molar refractivity (Wildman–Crippen MR) is 76.5 cm³/mol. The maximum absolute atomic E-state index is 12.3. The zero-order chi connectivity index (χ0) is 14.9. The number of carbonyl (C=O) groups excluding carboxylic acids is 2. The molecular weight excluding hydrogens is 303 g/mol. The van der Waals surface area contributed by atoms with Crippen molar-refractivity contribution < 1.29 is 14.3 Å². The molecule has 20 heavy (non-hydrogen) atoms. The molecule has 1 N–H and O–H groups in total. The normalized spacial score (nSPS) is 18.3. The molecule has 0 radical (unpaired) electrons. The SMILES string of the molecule is COc1c(Cl)ccc(Cl)c1C(=O)NC1CC(=O)N(C)C1. The fourth-order valence-electron chi connectivity index (χ4n) is 2.16. The molecule has 0 spiro atoms. The number of halogens is 2. The van der Waals surface area contributed by atoms with Crippen LogP contribution in [0.3, 0.4) is 0 Å². The van der Waals surface area contributed by atoms with Gasteiger partial charge in [0.05, 0.1) is 23.2 Å². The van der Waals surface area contributed by atoms with E-state index in [2.05, 4.69) is 5.32 Å². The molecule has 0 saturated carbocycles. The van der Waals surface area contributed by atoms with Crippen molar-refractivity contribution in [3.8, 4) is 5.75 Å². The van der Waals surface area contributed by atoms with E-state index in [9.17, 15) is 9.59 Å². The number of methoxy groups -OCH3 is 1. The van der Waals surface area contributed by atoms with Crippen LogP contribution in [0.5, 0.6) is 5.75 Å². The first-order chi connectivity index (χ1) is 9.43. The third-order valence-electron chi connectivity index (χ3n) is 3.17. The smallest absolute Gasteiger partial charge is 0.256 e. The minimum Gasteiger partial charge on any atom is -0.494 e. The number of likely N-dealkylation sites (N-methyl/N-ethyl adjacent to an activating group) is 1. The molecule has 1 aromatic rings. The van der Waals surface area contributed by atoms with E-state index >= 15 is 0 Å². The van der Waals surface area contributed by atoms with Gasteiger partial charge in [0.25, 0.3) is 5.91 Å². The Bertz CT molecular complexity index is 563. The van der Waals surface area contributed by atoms with E-state index in [4.69, 9.17) is 27.9 Å². The number of nitrogens with one attached hydrogen (secondary N) is 1. The Morgan fingerprint density at radius 3 is 2.60 bits per heavy atom. The second kappa shape index (κ2) is 5.89. The minimum atomic E-state index is -0.401. The van der Waals surface area contributed by atoms with E-state index in [1.54, 1.807) is 18.0 Å². The summed E-state index contributed by atoms with van der Waals surface area (Å²) in [6.07, 6.45) is 0.280. The number of benzene rings is 1. The van der Waals surface area contributed by atoms with Crippen LogP contribution in [0.1, 0.15) is 16.8 Å². The Labute approximate surface area is 126 Å². The van der Waals surface area contributed by atoms with E-state index in [1.807, 2.05) is 0 Å². The van der Waals surface area contributed by atoms with Crippen molar-refractivity contribution in [2.45, 2.75) is 12.5 Å². The maximum Gasteiger partial charge on any atom is 0.256 e. The van der Waals surface area contributed by atoms with E-state index in [1.165, 1.54) is 13.2 Å². The van der Waals surface area contributed by atoms with Crippen LogP contribution < -0.4 is 10.1 Å². The number of carbonyl (C=O) groups is 2. The monoisotopic (exact) mass is 316 g/mol. The molecule has 1 aromatic carbocycles. The molecule has 0 aromatic heterocycles. The molecule has 1 unspecified atom stereocenters. The summed E-state index contributed by atoms with van der Waals surface area (Å²) in [5.74, 6) is -0.170. The molecule has 1 aliphatic heterocycles. The highest BCUT2D eigenvalue weighted by Crippen LogP contribution is 2.33. The molecule has 2 rings (SSSR count). The van der Waals surface area contributed by atoms with Crippen LogP contribution in [0.25, 0.3) is 0 Å². The van der Waals surface area contributed by atoms with E-state index in [-0.39, 0.29) is 34.7 Å². The van der Waals surface area contributed by atoms with Gasteiger partial charge in [-0.05, 0) is 12.1 Å².